The zero-order chi connectivity index (χ0) is 14.5. The number of benzene rings is 1. The van der Waals surface area contributed by atoms with Gasteiger partial charge in [0.25, 0.3) is 0 Å². The molecule has 1 aromatic carbocycles. The number of nitrogens with one attached hydrogen (secondary N) is 1. The van der Waals surface area contributed by atoms with E-state index in [0.29, 0.717) is 24.0 Å². The minimum Gasteiger partial charge on any atom is -0.454 e. The largest absolute Gasteiger partial charge is 0.454 e. The van der Waals surface area contributed by atoms with Crippen LogP contribution < -0.4 is 14.8 Å². The summed E-state index contributed by atoms with van der Waals surface area (Å²) >= 11 is 2.03. The summed E-state index contributed by atoms with van der Waals surface area (Å²) in [6.45, 7) is 10.3. The molecule has 2 rings (SSSR count). The number of ether oxygens (including phenoxy) is 2. The predicted octanol–water partition coefficient (Wildman–Crippen LogP) is 3.84. The van der Waals surface area contributed by atoms with E-state index in [9.17, 15) is 0 Å². The van der Waals surface area contributed by atoms with E-state index in [1.807, 2.05) is 17.8 Å². The predicted molar refractivity (Wildman–Crippen MR) is 85.7 cm³/mol. The number of hydrogen-bond donors (Lipinski definition) is 1. The molecule has 4 heteroatoms. The first kappa shape index (κ1) is 15.5. The van der Waals surface area contributed by atoms with Crippen molar-refractivity contribution in [3.05, 3.63) is 23.8 Å². The number of fused-ring (bicyclic) bond motifs is 1. The van der Waals surface area contributed by atoms with Gasteiger partial charge >= 0.3 is 0 Å². The summed E-state index contributed by atoms with van der Waals surface area (Å²) < 4.78 is 10.8. The molecule has 0 amide bonds. The second-order valence-electron chi connectivity index (χ2n) is 5.51. The van der Waals surface area contributed by atoms with Crippen LogP contribution in [0.4, 0.5) is 0 Å². The smallest absolute Gasteiger partial charge is 0.231 e. The minimum absolute atomic E-state index is 0.337. The van der Waals surface area contributed by atoms with Gasteiger partial charge < -0.3 is 14.8 Å². The van der Waals surface area contributed by atoms with Gasteiger partial charge in [0.15, 0.2) is 11.5 Å². The van der Waals surface area contributed by atoms with Crippen molar-refractivity contribution < 1.29 is 9.47 Å². The average Bonchev–Trinajstić information content (AvgIpc) is 2.90. The molecule has 0 aromatic heterocycles. The third-order valence-electron chi connectivity index (χ3n) is 3.71. The van der Waals surface area contributed by atoms with E-state index in [-0.39, 0.29) is 0 Å². The van der Waals surface area contributed by atoms with E-state index in [1.165, 1.54) is 5.56 Å². The second-order valence-corrected chi connectivity index (χ2v) is 6.92. The SMILES string of the molecule is CCNC(CSC(C)C(C)C)c1ccc2c(c1)OCO2. The molecule has 0 bridgehead atoms. The zero-order valence-corrected chi connectivity index (χ0v) is 13.6. The van der Waals surface area contributed by atoms with E-state index in [0.717, 1.165) is 23.8 Å². The molecule has 0 radical (unpaired) electrons. The summed E-state index contributed by atoms with van der Waals surface area (Å²) in [7, 11) is 0. The lowest BCUT2D eigenvalue weighted by Gasteiger charge is -2.22. The first-order chi connectivity index (χ1) is 9.61. The van der Waals surface area contributed by atoms with Gasteiger partial charge in [-0.1, -0.05) is 33.8 Å². The van der Waals surface area contributed by atoms with Gasteiger partial charge in [0.05, 0.1) is 0 Å². The van der Waals surface area contributed by atoms with E-state index in [2.05, 4.69) is 45.1 Å². The molecule has 1 N–H and O–H groups in total. The van der Waals surface area contributed by atoms with Crippen molar-refractivity contribution in [2.45, 2.75) is 39.0 Å². The molecule has 1 aliphatic rings. The summed E-state index contributed by atoms with van der Waals surface area (Å²) in [4.78, 5) is 0. The van der Waals surface area contributed by atoms with Gasteiger partial charge in [0.2, 0.25) is 6.79 Å². The molecule has 0 saturated heterocycles. The van der Waals surface area contributed by atoms with Crippen molar-refractivity contribution in [2.24, 2.45) is 5.92 Å². The minimum atomic E-state index is 0.337. The quantitative estimate of drug-likeness (QED) is 0.828. The highest BCUT2D eigenvalue weighted by molar-refractivity contribution is 7.99. The molecule has 1 aliphatic heterocycles. The highest BCUT2D eigenvalue weighted by Gasteiger charge is 2.19. The molecule has 2 atom stereocenters. The Morgan fingerprint density at radius 3 is 2.65 bits per heavy atom. The molecule has 0 saturated carbocycles. The molecule has 2 unspecified atom stereocenters. The number of rotatable bonds is 7. The Kier molecular flexibility index (Phi) is 5.61. The van der Waals surface area contributed by atoms with Crippen molar-refractivity contribution in [1.29, 1.82) is 0 Å². The topological polar surface area (TPSA) is 30.5 Å². The van der Waals surface area contributed by atoms with Crippen LogP contribution in [0.15, 0.2) is 18.2 Å². The molecule has 20 heavy (non-hydrogen) atoms. The Hall–Kier alpha value is -0.870. The van der Waals surface area contributed by atoms with Crippen molar-refractivity contribution >= 4 is 11.8 Å². The van der Waals surface area contributed by atoms with Crippen molar-refractivity contribution in [1.82, 2.24) is 5.32 Å². The van der Waals surface area contributed by atoms with E-state index < -0.39 is 0 Å². The third-order valence-corrected chi connectivity index (χ3v) is 5.31. The van der Waals surface area contributed by atoms with Crippen LogP contribution in [-0.2, 0) is 0 Å². The number of hydrogen-bond acceptors (Lipinski definition) is 4. The van der Waals surface area contributed by atoms with E-state index >= 15 is 0 Å². The van der Waals surface area contributed by atoms with Gasteiger partial charge in [-0.3, -0.25) is 0 Å². The summed E-state index contributed by atoms with van der Waals surface area (Å²) in [5, 5.41) is 4.24. The summed E-state index contributed by atoms with van der Waals surface area (Å²) in [5.74, 6) is 3.51. The molecule has 1 aromatic rings. The van der Waals surface area contributed by atoms with Crippen LogP contribution in [0, 0.1) is 5.92 Å². The van der Waals surface area contributed by atoms with Crippen LogP contribution in [0.25, 0.3) is 0 Å². The molecule has 1 heterocycles. The van der Waals surface area contributed by atoms with Gasteiger partial charge in [-0.05, 0) is 30.2 Å². The summed E-state index contributed by atoms with van der Waals surface area (Å²) in [6, 6.07) is 6.62. The van der Waals surface area contributed by atoms with Crippen molar-refractivity contribution in [3.63, 3.8) is 0 Å². The third kappa shape index (κ3) is 3.83. The Balaban J connectivity index is 2.04. The van der Waals surface area contributed by atoms with Crippen LogP contribution in [0.1, 0.15) is 39.3 Å². The monoisotopic (exact) mass is 295 g/mol. The van der Waals surface area contributed by atoms with Gasteiger partial charge in [-0.15, -0.1) is 0 Å². The highest BCUT2D eigenvalue weighted by atomic mass is 32.2. The van der Waals surface area contributed by atoms with Crippen LogP contribution in [0.3, 0.4) is 0 Å². The molecular formula is C16H25NO2S. The van der Waals surface area contributed by atoms with Gasteiger partial charge in [0, 0.05) is 17.0 Å². The first-order valence-electron chi connectivity index (χ1n) is 7.36. The normalized spacial score (nSPS) is 16.4. The van der Waals surface area contributed by atoms with Crippen molar-refractivity contribution in [3.8, 4) is 11.5 Å². The van der Waals surface area contributed by atoms with Gasteiger partial charge in [-0.25, -0.2) is 0 Å². The average molecular weight is 295 g/mol. The Morgan fingerprint density at radius 1 is 1.20 bits per heavy atom. The Morgan fingerprint density at radius 2 is 1.95 bits per heavy atom. The highest BCUT2D eigenvalue weighted by Crippen LogP contribution is 2.35. The maximum Gasteiger partial charge on any atom is 0.231 e. The maximum atomic E-state index is 5.47. The van der Waals surface area contributed by atoms with E-state index in [4.69, 9.17) is 9.47 Å². The van der Waals surface area contributed by atoms with Gasteiger partial charge in [0.1, 0.15) is 0 Å². The fourth-order valence-electron chi connectivity index (χ4n) is 2.09. The lowest BCUT2D eigenvalue weighted by atomic mass is 10.1. The van der Waals surface area contributed by atoms with Crippen LogP contribution in [0.5, 0.6) is 11.5 Å². The molecular weight excluding hydrogens is 270 g/mol. The lowest BCUT2D eigenvalue weighted by Crippen LogP contribution is -2.24. The molecule has 0 aliphatic carbocycles. The lowest BCUT2D eigenvalue weighted by molar-refractivity contribution is 0.174. The molecule has 0 fully saturated rings. The number of thioether (sulfide) groups is 1. The molecule has 112 valence electrons. The Bertz CT molecular complexity index is 436. The summed E-state index contributed by atoms with van der Waals surface area (Å²) in [6.07, 6.45) is 0. The Labute approximate surface area is 126 Å². The van der Waals surface area contributed by atoms with Crippen LogP contribution in [0.2, 0.25) is 0 Å². The fraction of sp³-hybridized carbons (Fsp3) is 0.625. The maximum absolute atomic E-state index is 5.47. The van der Waals surface area contributed by atoms with Gasteiger partial charge in [-0.2, -0.15) is 11.8 Å². The van der Waals surface area contributed by atoms with Crippen molar-refractivity contribution in [2.75, 3.05) is 19.1 Å². The zero-order valence-electron chi connectivity index (χ0n) is 12.8. The molecule has 0 spiro atoms. The second kappa shape index (κ2) is 7.23. The fourth-order valence-corrected chi connectivity index (χ4v) is 3.28. The standard InChI is InChI=1S/C16H25NO2S/c1-5-17-14(9-20-12(4)11(2)3)13-6-7-15-16(8-13)19-10-18-15/h6-8,11-12,14,17H,5,9-10H2,1-4H3. The summed E-state index contributed by atoms with van der Waals surface area (Å²) in [5.41, 5.74) is 1.28. The first-order valence-corrected chi connectivity index (χ1v) is 8.41. The van der Waals surface area contributed by atoms with Crippen LogP contribution >= 0.6 is 11.8 Å². The molecule has 3 nitrogen and oxygen atoms in total. The van der Waals surface area contributed by atoms with E-state index in [1.54, 1.807) is 0 Å². The van der Waals surface area contributed by atoms with Crippen LogP contribution in [-0.4, -0.2) is 24.3 Å².